The van der Waals surface area contributed by atoms with Crippen molar-refractivity contribution in [1.82, 2.24) is 9.80 Å². The molecular weight excluding hydrogens is 532 g/mol. The van der Waals surface area contributed by atoms with Gasteiger partial charge in [-0.1, -0.05) is 37.3 Å². The molecule has 2 fully saturated rings. The third-order valence-corrected chi connectivity index (χ3v) is 7.58. The van der Waals surface area contributed by atoms with Crippen molar-refractivity contribution in [3.8, 4) is 17.2 Å². The molecule has 2 aliphatic rings. The SMILES string of the molecule is CCCOc1ccc(/C(O)=C2/C(=O)C(=O)N(CCCN3CCOCC3)C2c2cccc(Oc3ccccc3)c2)cc1C. The Labute approximate surface area is 247 Å². The number of rotatable bonds is 11. The molecular formula is C34H38N2O6. The van der Waals surface area contributed by atoms with Gasteiger partial charge in [-0.15, -0.1) is 0 Å². The molecule has 0 radical (unpaired) electrons. The number of hydrogen-bond donors (Lipinski definition) is 1. The number of likely N-dealkylation sites (tertiary alicyclic amines) is 1. The van der Waals surface area contributed by atoms with E-state index in [1.165, 1.54) is 0 Å². The van der Waals surface area contributed by atoms with Crippen LogP contribution in [0.5, 0.6) is 17.2 Å². The van der Waals surface area contributed by atoms with Crippen molar-refractivity contribution in [3.63, 3.8) is 0 Å². The Morgan fingerprint density at radius 2 is 1.71 bits per heavy atom. The zero-order chi connectivity index (χ0) is 29.5. The third-order valence-electron chi connectivity index (χ3n) is 7.58. The molecule has 0 aromatic heterocycles. The van der Waals surface area contributed by atoms with Crippen molar-refractivity contribution < 1.29 is 28.9 Å². The molecule has 0 saturated carbocycles. The van der Waals surface area contributed by atoms with Crippen LogP contribution in [0.15, 0.2) is 78.4 Å². The first-order valence-electron chi connectivity index (χ1n) is 14.6. The molecule has 42 heavy (non-hydrogen) atoms. The van der Waals surface area contributed by atoms with E-state index in [4.69, 9.17) is 14.2 Å². The van der Waals surface area contributed by atoms with Gasteiger partial charge in [0.05, 0.1) is 31.4 Å². The minimum absolute atomic E-state index is 0.0739. The maximum atomic E-state index is 13.6. The van der Waals surface area contributed by atoms with E-state index in [2.05, 4.69) is 4.90 Å². The van der Waals surface area contributed by atoms with Crippen LogP contribution in [-0.4, -0.2) is 72.6 Å². The maximum Gasteiger partial charge on any atom is 0.295 e. The number of morpholine rings is 1. The largest absolute Gasteiger partial charge is 0.507 e. The number of aryl methyl sites for hydroxylation is 1. The van der Waals surface area contributed by atoms with Gasteiger partial charge in [0.2, 0.25) is 0 Å². The number of carbonyl (C=O) groups excluding carboxylic acids is 2. The highest BCUT2D eigenvalue weighted by Crippen LogP contribution is 2.41. The fourth-order valence-corrected chi connectivity index (χ4v) is 5.45. The highest BCUT2D eigenvalue weighted by Gasteiger charge is 2.46. The standard InChI is InChI=1S/C34H38N2O6/c1-3-19-41-29-14-13-26(22-24(29)2)32(37)30-31(25-9-7-12-28(23-25)42-27-10-5-4-6-11-27)36(34(39)33(30)38)16-8-15-35-17-20-40-21-18-35/h4-7,9-14,22-23,31,37H,3,8,15-21H2,1-2H3/b32-30-. The minimum Gasteiger partial charge on any atom is -0.507 e. The first-order chi connectivity index (χ1) is 20.5. The lowest BCUT2D eigenvalue weighted by molar-refractivity contribution is -0.140. The summed E-state index contributed by atoms with van der Waals surface area (Å²) in [4.78, 5) is 30.9. The first kappa shape index (κ1) is 29.4. The molecule has 2 heterocycles. The van der Waals surface area contributed by atoms with Crippen LogP contribution in [0.2, 0.25) is 0 Å². The van der Waals surface area contributed by atoms with Crippen LogP contribution < -0.4 is 9.47 Å². The van der Waals surface area contributed by atoms with Gasteiger partial charge in [0.25, 0.3) is 11.7 Å². The van der Waals surface area contributed by atoms with Gasteiger partial charge < -0.3 is 24.2 Å². The second kappa shape index (κ2) is 13.7. The van der Waals surface area contributed by atoms with Crippen LogP contribution >= 0.6 is 0 Å². The highest BCUT2D eigenvalue weighted by molar-refractivity contribution is 6.46. The van der Waals surface area contributed by atoms with Gasteiger partial charge in [0.15, 0.2) is 0 Å². The monoisotopic (exact) mass is 570 g/mol. The van der Waals surface area contributed by atoms with Crippen LogP contribution in [0.3, 0.4) is 0 Å². The summed E-state index contributed by atoms with van der Waals surface area (Å²) in [7, 11) is 0. The summed E-state index contributed by atoms with van der Waals surface area (Å²) in [5.41, 5.74) is 2.06. The molecule has 0 spiro atoms. The van der Waals surface area contributed by atoms with Crippen LogP contribution in [-0.2, 0) is 14.3 Å². The van der Waals surface area contributed by atoms with E-state index in [1.807, 2.05) is 68.4 Å². The van der Waals surface area contributed by atoms with Crippen molar-refractivity contribution in [2.24, 2.45) is 0 Å². The molecule has 2 saturated heterocycles. The Bertz CT molecular complexity index is 1430. The third kappa shape index (κ3) is 6.66. The molecule has 8 nitrogen and oxygen atoms in total. The Kier molecular flexibility index (Phi) is 9.56. The number of nitrogens with zero attached hydrogens (tertiary/aromatic N) is 2. The summed E-state index contributed by atoms with van der Waals surface area (Å²) < 4.78 is 17.3. The quantitative estimate of drug-likeness (QED) is 0.179. The van der Waals surface area contributed by atoms with Gasteiger partial charge in [-0.05, 0) is 73.4 Å². The smallest absolute Gasteiger partial charge is 0.295 e. The van der Waals surface area contributed by atoms with Crippen LogP contribution in [0.1, 0.15) is 42.5 Å². The second-order valence-corrected chi connectivity index (χ2v) is 10.6. The Hall–Kier alpha value is -4.14. The zero-order valence-electron chi connectivity index (χ0n) is 24.3. The molecule has 220 valence electrons. The summed E-state index contributed by atoms with van der Waals surface area (Å²) in [6.07, 6.45) is 1.57. The van der Waals surface area contributed by atoms with E-state index >= 15 is 0 Å². The lowest BCUT2D eigenvalue weighted by atomic mass is 9.94. The fraction of sp³-hybridized carbons (Fsp3) is 0.353. The molecule has 3 aromatic carbocycles. The number of para-hydroxylation sites is 1. The predicted octanol–water partition coefficient (Wildman–Crippen LogP) is 5.72. The van der Waals surface area contributed by atoms with E-state index in [9.17, 15) is 14.7 Å². The highest BCUT2D eigenvalue weighted by atomic mass is 16.5. The van der Waals surface area contributed by atoms with E-state index < -0.39 is 17.7 Å². The number of Topliss-reactive ketones (excluding diaryl/α,β-unsaturated/α-hetero) is 1. The summed E-state index contributed by atoms with van der Waals surface area (Å²) in [5, 5.41) is 11.6. The van der Waals surface area contributed by atoms with Gasteiger partial charge in [0.1, 0.15) is 23.0 Å². The summed E-state index contributed by atoms with van der Waals surface area (Å²) >= 11 is 0. The van der Waals surface area contributed by atoms with E-state index in [0.717, 1.165) is 37.4 Å². The van der Waals surface area contributed by atoms with Gasteiger partial charge in [-0.3, -0.25) is 14.5 Å². The van der Waals surface area contributed by atoms with E-state index in [-0.39, 0.29) is 11.3 Å². The molecule has 1 atom stereocenters. The Morgan fingerprint density at radius 1 is 0.952 bits per heavy atom. The number of ether oxygens (including phenoxy) is 3. The average molecular weight is 571 g/mol. The number of amides is 1. The summed E-state index contributed by atoms with van der Waals surface area (Å²) in [5.74, 6) is 0.466. The Balaban J connectivity index is 1.49. The van der Waals surface area contributed by atoms with E-state index in [0.29, 0.717) is 55.4 Å². The summed E-state index contributed by atoms with van der Waals surface area (Å²) in [6, 6.07) is 21.3. The number of aliphatic hydroxyl groups excluding tert-OH is 1. The van der Waals surface area contributed by atoms with Gasteiger partial charge in [-0.25, -0.2) is 0 Å². The number of aliphatic hydroxyl groups is 1. The topological polar surface area (TPSA) is 88.5 Å². The molecule has 0 aliphatic carbocycles. The molecule has 0 bridgehead atoms. The molecule has 1 amide bonds. The van der Waals surface area contributed by atoms with Crippen LogP contribution in [0.4, 0.5) is 0 Å². The van der Waals surface area contributed by atoms with E-state index in [1.54, 1.807) is 23.1 Å². The van der Waals surface area contributed by atoms with Crippen molar-refractivity contribution in [3.05, 3.63) is 95.1 Å². The maximum absolute atomic E-state index is 13.6. The zero-order valence-corrected chi connectivity index (χ0v) is 24.3. The average Bonchev–Trinajstić information content (AvgIpc) is 3.26. The van der Waals surface area contributed by atoms with Crippen LogP contribution in [0.25, 0.3) is 5.76 Å². The lowest BCUT2D eigenvalue weighted by Gasteiger charge is -2.29. The van der Waals surface area contributed by atoms with Gasteiger partial charge >= 0.3 is 0 Å². The summed E-state index contributed by atoms with van der Waals surface area (Å²) in [6.45, 7) is 8.76. The fourth-order valence-electron chi connectivity index (χ4n) is 5.45. The minimum atomic E-state index is -0.759. The van der Waals surface area contributed by atoms with Crippen LogP contribution in [0, 0.1) is 6.92 Å². The number of carbonyl (C=O) groups is 2. The first-order valence-corrected chi connectivity index (χ1v) is 14.6. The van der Waals surface area contributed by atoms with Gasteiger partial charge in [0, 0.05) is 31.7 Å². The van der Waals surface area contributed by atoms with Crippen molar-refractivity contribution >= 4 is 17.4 Å². The molecule has 8 heteroatoms. The molecule has 5 rings (SSSR count). The van der Waals surface area contributed by atoms with Crippen molar-refractivity contribution in [2.45, 2.75) is 32.7 Å². The molecule has 1 N–H and O–H groups in total. The number of hydrogen-bond acceptors (Lipinski definition) is 7. The normalized spacial score (nSPS) is 18.8. The predicted molar refractivity (Wildman–Crippen MR) is 161 cm³/mol. The molecule has 1 unspecified atom stereocenters. The number of ketones is 1. The second-order valence-electron chi connectivity index (χ2n) is 10.6. The lowest BCUT2D eigenvalue weighted by Crippen LogP contribution is -2.38. The van der Waals surface area contributed by atoms with Gasteiger partial charge in [-0.2, -0.15) is 0 Å². The number of benzene rings is 3. The molecule has 2 aliphatic heterocycles. The van der Waals surface area contributed by atoms with Crippen molar-refractivity contribution in [1.29, 1.82) is 0 Å². The molecule has 3 aromatic rings. The Morgan fingerprint density at radius 3 is 2.45 bits per heavy atom. The van der Waals surface area contributed by atoms with Crippen molar-refractivity contribution in [2.75, 3.05) is 46.0 Å².